The lowest BCUT2D eigenvalue weighted by molar-refractivity contribution is -0.126. The summed E-state index contributed by atoms with van der Waals surface area (Å²) in [5, 5.41) is 8.80. The van der Waals surface area contributed by atoms with Gasteiger partial charge in [0.1, 0.15) is 6.10 Å². The van der Waals surface area contributed by atoms with Gasteiger partial charge in [-0.25, -0.2) is 4.79 Å². The minimum absolute atomic E-state index is 0.00339. The smallest absolute Gasteiger partial charge is 0.411 e. The van der Waals surface area contributed by atoms with E-state index in [4.69, 9.17) is 4.74 Å². The van der Waals surface area contributed by atoms with Crippen molar-refractivity contribution in [2.24, 2.45) is 11.8 Å². The molecule has 2 aliphatic heterocycles. The van der Waals surface area contributed by atoms with Crippen molar-refractivity contribution >= 4 is 23.6 Å². The van der Waals surface area contributed by atoms with Crippen LogP contribution in [0.2, 0.25) is 0 Å². The second kappa shape index (κ2) is 17.0. The van der Waals surface area contributed by atoms with E-state index < -0.39 is 6.09 Å². The van der Waals surface area contributed by atoms with Gasteiger partial charge < -0.3 is 25.2 Å². The summed E-state index contributed by atoms with van der Waals surface area (Å²) < 4.78 is 5.75. The van der Waals surface area contributed by atoms with Crippen LogP contribution in [-0.4, -0.2) is 86.7 Å². The lowest BCUT2D eigenvalue weighted by Crippen LogP contribution is -2.42. The molecule has 2 heterocycles. The first kappa shape index (κ1) is 32.5. The van der Waals surface area contributed by atoms with E-state index in [0.29, 0.717) is 6.54 Å². The van der Waals surface area contributed by atoms with Crippen LogP contribution in [-0.2, 0) is 14.3 Å². The molecule has 3 N–H and O–H groups in total. The number of piperidine rings is 2. The number of ether oxygens (including phenoxy) is 1. The molecule has 2 aliphatic rings. The Kier molecular flexibility index (Phi) is 12.9. The van der Waals surface area contributed by atoms with Crippen molar-refractivity contribution in [1.29, 1.82) is 0 Å². The van der Waals surface area contributed by atoms with Gasteiger partial charge in [-0.15, -0.1) is 0 Å². The van der Waals surface area contributed by atoms with Crippen molar-refractivity contribution in [2.75, 3.05) is 58.2 Å². The van der Waals surface area contributed by atoms with Crippen molar-refractivity contribution in [3.05, 3.63) is 54.6 Å². The van der Waals surface area contributed by atoms with Crippen LogP contribution < -0.4 is 16.0 Å². The molecule has 0 spiro atoms. The molecule has 3 amide bonds. The second-order valence-electron chi connectivity index (χ2n) is 11.9. The topological polar surface area (TPSA) is 103 Å². The van der Waals surface area contributed by atoms with Crippen LogP contribution in [0.4, 0.5) is 10.5 Å². The Morgan fingerprint density at radius 3 is 2.23 bits per heavy atom. The van der Waals surface area contributed by atoms with Gasteiger partial charge in [0.25, 0.3) is 0 Å². The number of nitrogens with one attached hydrogen (secondary N) is 3. The van der Waals surface area contributed by atoms with Crippen LogP contribution in [0.1, 0.15) is 51.9 Å². The number of nitrogens with zero attached hydrogens (tertiary/aromatic N) is 2. The SMILES string of the molecule is CNC(=O)C1CCN(CCCCC(C)C(=O)NCCN2CCC(OC(=O)Nc3ccccc3-c3ccccc3)CC2)CC1. The molecule has 9 heteroatoms. The molecule has 234 valence electrons. The molecule has 43 heavy (non-hydrogen) atoms. The third-order valence-corrected chi connectivity index (χ3v) is 8.80. The summed E-state index contributed by atoms with van der Waals surface area (Å²) in [7, 11) is 1.71. The summed E-state index contributed by atoms with van der Waals surface area (Å²) in [5.74, 6) is 0.450. The number of carbonyl (C=O) groups is 3. The first-order valence-electron chi connectivity index (χ1n) is 16.0. The molecule has 0 saturated carbocycles. The first-order chi connectivity index (χ1) is 20.9. The summed E-state index contributed by atoms with van der Waals surface area (Å²) in [6.07, 6.45) is 5.89. The van der Waals surface area contributed by atoms with Crippen LogP contribution in [0.25, 0.3) is 11.1 Å². The molecular weight excluding hydrogens is 542 g/mol. The fourth-order valence-corrected chi connectivity index (χ4v) is 6.05. The van der Waals surface area contributed by atoms with Gasteiger partial charge in [-0.05, 0) is 69.8 Å². The Morgan fingerprint density at radius 2 is 1.51 bits per heavy atom. The zero-order valence-electron chi connectivity index (χ0n) is 25.9. The number of benzene rings is 2. The Balaban J connectivity index is 1.05. The lowest BCUT2D eigenvalue weighted by Gasteiger charge is -2.31. The van der Waals surface area contributed by atoms with Gasteiger partial charge in [-0.1, -0.05) is 61.9 Å². The zero-order chi connectivity index (χ0) is 30.4. The van der Waals surface area contributed by atoms with E-state index in [0.717, 1.165) is 101 Å². The van der Waals surface area contributed by atoms with Crippen LogP contribution >= 0.6 is 0 Å². The van der Waals surface area contributed by atoms with Gasteiger partial charge in [0.05, 0.1) is 5.69 Å². The second-order valence-corrected chi connectivity index (χ2v) is 11.9. The highest BCUT2D eigenvalue weighted by Crippen LogP contribution is 2.28. The van der Waals surface area contributed by atoms with E-state index in [9.17, 15) is 14.4 Å². The van der Waals surface area contributed by atoms with Crippen LogP contribution in [0.15, 0.2) is 54.6 Å². The maximum atomic E-state index is 12.7. The highest BCUT2D eigenvalue weighted by molar-refractivity contribution is 5.91. The molecule has 2 fully saturated rings. The largest absolute Gasteiger partial charge is 0.446 e. The molecule has 0 aliphatic carbocycles. The lowest BCUT2D eigenvalue weighted by atomic mass is 9.95. The summed E-state index contributed by atoms with van der Waals surface area (Å²) in [5.41, 5.74) is 2.74. The number of likely N-dealkylation sites (tertiary alicyclic amines) is 2. The normalized spacial score (nSPS) is 17.6. The third kappa shape index (κ3) is 10.4. The molecule has 1 atom stereocenters. The molecule has 0 radical (unpaired) electrons. The number of hydrogen-bond donors (Lipinski definition) is 3. The average Bonchev–Trinajstić information content (AvgIpc) is 3.04. The Labute approximate surface area is 256 Å². The maximum absolute atomic E-state index is 12.7. The van der Waals surface area contributed by atoms with Gasteiger partial charge in [-0.3, -0.25) is 14.9 Å². The van der Waals surface area contributed by atoms with Crippen molar-refractivity contribution in [1.82, 2.24) is 20.4 Å². The summed E-state index contributed by atoms with van der Waals surface area (Å²) >= 11 is 0. The van der Waals surface area contributed by atoms with E-state index in [1.165, 1.54) is 0 Å². The average molecular weight is 592 g/mol. The monoisotopic (exact) mass is 591 g/mol. The molecule has 0 aromatic heterocycles. The minimum Gasteiger partial charge on any atom is -0.446 e. The van der Waals surface area contributed by atoms with E-state index >= 15 is 0 Å². The highest BCUT2D eigenvalue weighted by Gasteiger charge is 2.25. The third-order valence-electron chi connectivity index (χ3n) is 8.80. The Morgan fingerprint density at radius 1 is 0.860 bits per heavy atom. The first-order valence-corrected chi connectivity index (χ1v) is 16.0. The quantitative estimate of drug-likeness (QED) is 0.291. The van der Waals surface area contributed by atoms with Gasteiger partial charge in [-0.2, -0.15) is 0 Å². The number of unbranched alkanes of at least 4 members (excludes halogenated alkanes) is 1. The zero-order valence-corrected chi connectivity index (χ0v) is 25.9. The minimum atomic E-state index is -0.423. The predicted octanol–water partition coefficient (Wildman–Crippen LogP) is 4.75. The predicted molar refractivity (Wildman–Crippen MR) is 171 cm³/mol. The highest BCUT2D eigenvalue weighted by atomic mass is 16.6. The van der Waals surface area contributed by atoms with Gasteiger partial charge in [0.2, 0.25) is 11.8 Å². The number of rotatable bonds is 13. The van der Waals surface area contributed by atoms with Gasteiger partial charge >= 0.3 is 6.09 Å². The van der Waals surface area contributed by atoms with E-state index in [2.05, 4.69) is 25.8 Å². The van der Waals surface area contributed by atoms with Crippen molar-refractivity contribution in [3.8, 4) is 11.1 Å². The molecular formula is C34H49N5O4. The van der Waals surface area contributed by atoms with Crippen molar-refractivity contribution in [2.45, 2.75) is 58.0 Å². The molecule has 9 nitrogen and oxygen atoms in total. The van der Waals surface area contributed by atoms with Crippen LogP contribution in [0.3, 0.4) is 0 Å². The van der Waals surface area contributed by atoms with E-state index in [-0.39, 0.29) is 29.8 Å². The number of hydrogen-bond acceptors (Lipinski definition) is 6. The van der Waals surface area contributed by atoms with Gasteiger partial charge in [0, 0.05) is 50.6 Å². The standard InChI is InChI=1S/C34H49N5O4/c1-26(10-8-9-20-38-21-15-28(16-22-38)33(41)35-2)32(40)36-19-25-39-23-17-29(18-24-39)43-34(42)37-31-14-7-6-13-30(31)27-11-4-3-5-12-27/h3-7,11-14,26,28-29H,8-10,15-25H2,1-2H3,(H,35,41)(H,36,40)(H,37,42). The van der Waals surface area contributed by atoms with Crippen LogP contribution in [0.5, 0.6) is 0 Å². The Bertz CT molecular complexity index is 1160. The van der Waals surface area contributed by atoms with E-state index in [1.807, 2.05) is 61.5 Å². The summed E-state index contributed by atoms with van der Waals surface area (Å²) in [6.45, 7) is 8.11. The number of anilines is 1. The van der Waals surface area contributed by atoms with Crippen molar-refractivity contribution in [3.63, 3.8) is 0 Å². The van der Waals surface area contributed by atoms with Gasteiger partial charge in [0.15, 0.2) is 0 Å². The van der Waals surface area contributed by atoms with E-state index in [1.54, 1.807) is 7.05 Å². The molecule has 0 bridgehead atoms. The number of amides is 3. The fraction of sp³-hybridized carbons (Fsp3) is 0.559. The van der Waals surface area contributed by atoms with Crippen molar-refractivity contribution < 1.29 is 19.1 Å². The Hall–Kier alpha value is -3.43. The maximum Gasteiger partial charge on any atom is 0.411 e. The molecule has 4 rings (SSSR count). The fourth-order valence-electron chi connectivity index (χ4n) is 6.05. The molecule has 2 aromatic carbocycles. The molecule has 2 saturated heterocycles. The summed E-state index contributed by atoms with van der Waals surface area (Å²) in [4.78, 5) is 41.8. The molecule has 2 aromatic rings. The van der Waals surface area contributed by atoms with Crippen LogP contribution in [0, 0.1) is 11.8 Å². The number of para-hydroxylation sites is 1. The summed E-state index contributed by atoms with van der Waals surface area (Å²) in [6, 6.07) is 17.7. The number of carbonyl (C=O) groups excluding carboxylic acids is 3. The molecule has 1 unspecified atom stereocenters.